The van der Waals surface area contributed by atoms with E-state index < -0.39 is 0 Å². The lowest BCUT2D eigenvalue weighted by molar-refractivity contribution is 0.286. The van der Waals surface area contributed by atoms with Gasteiger partial charge in [-0.05, 0) is 44.2 Å². The quantitative estimate of drug-likeness (QED) is 0.816. The van der Waals surface area contributed by atoms with E-state index in [1.54, 1.807) is 0 Å². The van der Waals surface area contributed by atoms with Crippen LogP contribution in [0.4, 0.5) is 0 Å². The second-order valence-electron chi connectivity index (χ2n) is 5.40. The molecule has 0 radical (unpaired) electrons. The molecule has 1 fully saturated rings. The van der Waals surface area contributed by atoms with E-state index in [-0.39, 0.29) is 0 Å². The summed E-state index contributed by atoms with van der Waals surface area (Å²) in [6, 6.07) is 9.06. The molecular weight excluding hydrogens is 194 g/mol. The Labute approximate surface area is 99.3 Å². The molecule has 1 nitrogen and oxygen atoms in total. The van der Waals surface area contributed by atoms with Crippen molar-refractivity contribution in [1.29, 1.82) is 0 Å². The molecule has 1 aromatic rings. The van der Waals surface area contributed by atoms with Gasteiger partial charge >= 0.3 is 0 Å². The molecule has 88 valence electrons. The maximum absolute atomic E-state index is 3.38. The molecule has 0 aliphatic heterocycles. The first-order valence-electron chi connectivity index (χ1n) is 6.44. The van der Waals surface area contributed by atoms with Gasteiger partial charge in [-0.3, -0.25) is 0 Å². The fourth-order valence-electron chi connectivity index (χ4n) is 3.05. The minimum Gasteiger partial charge on any atom is -0.319 e. The summed E-state index contributed by atoms with van der Waals surface area (Å²) < 4.78 is 0. The molecule has 1 N–H and O–H groups in total. The topological polar surface area (TPSA) is 12.0 Å². The zero-order valence-electron chi connectivity index (χ0n) is 10.6. The van der Waals surface area contributed by atoms with Crippen molar-refractivity contribution in [3.8, 4) is 0 Å². The van der Waals surface area contributed by atoms with Crippen LogP contribution in [0.25, 0.3) is 0 Å². The van der Waals surface area contributed by atoms with E-state index in [9.17, 15) is 0 Å². The SMILES string of the molecule is CNCC1(Cc2ccc(C)cc2)CCCC1. The first kappa shape index (κ1) is 11.7. The second kappa shape index (κ2) is 5.01. The number of hydrogen-bond donors (Lipinski definition) is 1. The molecule has 1 heteroatoms. The van der Waals surface area contributed by atoms with Gasteiger partial charge in [0.05, 0.1) is 0 Å². The fraction of sp³-hybridized carbons (Fsp3) is 0.600. The molecule has 0 amide bonds. The number of benzene rings is 1. The first-order valence-corrected chi connectivity index (χ1v) is 6.44. The minimum absolute atomic E-state index is 0.532. The molecule has 0 saturated heterocycles. The summed E-state index contributed by atoms with van der Waals surface area (Å²) in [6.45, 7) is 3.32. The maximum Gasteiger partial charge on any atom is 0.000799 e. The Morgan fingerprint density at radius 3 is 2.31 bits per heavy atom. The van der Waals surface area contributed by atoms with Crippen LogP contribution in [0.3, 0.4) is 0 Å². The van der Waals surface area contributed by atoms with Crippen molar-refractivity contribution in [1.82, 2.24) is 5.32 Å². The second-order valence-corrected chi connectivity index (χ2v) is 5.40. The first-order chi connectivity index (χ1) is 7.74. The van der Waals surface area contributed by atoms with E-state index in [4.69, 9.17) is 0 Å². The Kier molecular flexibility index (Phi) is 3.65. The Morgan fingerprint density at radius 1 is 1.12 bits per heavy atom. The van der Waals surface area contributed by atoms with Crippen molar-refractivity contribution >= 4 is 0 Å². The van der Waals surface area contributed by atoms with Crippen LogP contribution in [0.5, 0.6) is 0 Å². The predicted molar refractivity (Wildman–Crippen MR) is 69.7 cm³/mol. The van der Waals surface area contributed by atoms with Gasteiger partial charge in [0.1, 0.15) is 0 Å². The summed E-state index contributed by atoms with van der Waals surface area (Å²) in [5.41, 5.74) is 3.39. The van der Waals surface area contributed by atoms with Gasteiger partial charge in [0.15, 0.2) is 0 Å². The van der Waals surface area contributed by atoms with Crippen molar-refractivity contribution in [3.05, 3.63) is 35.4 Å². The smallest absolute Gasteiger partial charge is 0.000799 e. The van der Waals surface area contributed by atoms with E-state index in [1.807, 2.05) is 0 Å². The van der Waals surface area contributed by atoms with E-state index in [0.717, 1.165) is 0 Å². The molecule has 0 heterocycles. The van der Waals surface area contributed by atoms with Crippen LogP contribution in [-0.4, -0.2) is 13.6 Å². The van der Waals surface area contributed by atoms with Crippen LogP contribution < -0.4 is 5.32 Å². The number of hydrogen-bond acceptors (Lipinski definition) is 1. The molecule has 1 saturated carbocycles. The number of aryl methyl sites for hydroxylation is 1. The van der Waals surface area contributed by atoms with Crippen LogP contribution in [0.15, 0.2) is 24.3 Å². The third-order valence-corrected chi connectivity index (χ3v) is 3.92. The highest BCUT2D eigenvalue weighted by Crippen LogP contribution is 2.40. The summed E-state index contributed by atoms with van der Waals surface area (Å²) in [7, 11) is 2.08. The lowest BCUT2D eigenvalue weighted by Gasteiger charge is -2.29. The molecule has 16 heavy (non-hydrogen) atoms. The normalized spacial score (nSPS) is 18.9. The average molecular weight is 217 g/mol. The molecule has 0 aromatic heterocycles. The van der Waals surface area contributed by atoms with E-state index in [0.29, 0.717) is 5.41 Å². The molecule has 1 aromatic carbocycles. The summed E-state index contributed by atoms with van der Waals surface area (Å²) in [4.78, 5) is 0. The summed E-state index contributed by atoms with van der Waals surface area (Å²) in [5.74, 6) is 0. The van der Waals surface area contributed by atoms with Crippen LogP contribution >= 0.6 is 0 Å². The van der Waals surface area contributed by atoms with Gasteiger partial charge in [0.25, 0.3) is 0 Å². The van der Waals surface area contributed by atoms with Crippen LogP contribution in [0.1, 0.15) is 36.8 Å². The number of nitrogens with one attached hydrogen (secondary N) is 1. The molecule has 0 spiro atoms. The molecule has 1 aliphatic rings. The van der Waals surface area contributed by atoms with Gasteiger partial charge in [-0.25, -0.2) is 0 Å². The zero-order valence-corrected chi connectivity index (χ0v) is 10.6. The summed E-state index contributed by atoms with van der Waals surface area (Å²) >= 11 is 0. The predicted octanol–water partition coefficient (Wildman–Crippen LogP) is 3.32. The molecule has 0 bridgehead atoms. The maximum atomic E-state index is 3.38. The fourth-order valence-corrected chi connectivity index (χ4v) is 3.05. The molecular formula is C15H23N. The van der Waals surface area contributed by atoms with Crippen molar-refractivity contribution in [2.45, 2.75) is 39.0 Å². The van der Waals surface area contributed by atoms with Crippen molar-refractivity contribution in [2.75, 3.05) is 13.6 Å². The minimum atomic E-state index is 0.532. The molecule has 1 aliphatic carbocycles. The van der Waals surface area contributed by atoms with E-state index in [1.165, 1.54) is 49.8 Å². The van der Waals surface area contributed by atoms with E-state index in [2.05, 4.69) is 43.6 Å². The van der Waals surface area contributed by atoms with Gasteiger partial charge in [-0.1, -0.05) is 42.7 Å². The van der Waals surface area contributed by atoms with E-state index >= 15 is 0 Å². The van der Waals surface area contributed by atoms with Crippen LogP contribution in [0.2, 0.25) is 0 Å². The van der Waals surface area contributed by atoms with Crippen LogP contribution in [-0.2, 0) is 6.42 Å². The van der Waals surface area contributed by atoms with Crippen molar-refractivity contribution in [2.24, 2.45) is 5.41 Å². The standard InChI is InChI=1S/C15H23N/c1-13-5-7-14(8-6-13)11-15(12-16-2)9-3-4-10-15/h5-8,16H,3-4,9-12H2,1-2H3. The van der Waals surface area contributed by atoms with Gasteiger partial charge in [-0.15, -0.1) is 0 Å². The number of rotatable bonds is 4. The highest BCUT2D eigenvalue weighted by atomic mass is 14.8. The Balaban J connectivity index is 2.08. The molecule has 0 unspecified atom stereocenters. The lowest BCUT2D eigenvalue weighted by atomic mass is 9.80. The molecule has 0 atom stereocenters. The zero-order chi connectivity index (χ0) is 11.4. The Bertz CT molecular complexity index is 320. The lowest BCUT2D eigenvalue weighted by Crippen LogP contribution is -2.32. The summed E-state index contributed by atoms with van der Waals surface area (Å²) in [5, 5.41) is 3.38. The van der Waals surface area contributed by atoms with Gasteiger partial charge in [0.2, 0.25) is 0 Å². The summed E-state index contributed by atoms with van der Waals surface area (Å²) in [6.07, 6.45) is 6.85. The Hall–Kier alpha value is -0.820. The van der Waals surface area contributed by atoms with Gasteiger partial charge < -0.3 is 5.32 Å². The largest absolute Gasteiger partial charge is 0.319 e. The highest BCUT2D eigenvalue weighted by molar-refractivity contribution is 5.22. The third-order valence-electron chi connectivity index (χ3n) is 3.92. The highest BCUT2D eigenvalue weighted by Gasteiger charge is 2.32. The monoisotopic (exact) mass is 217 g/mol. The third kappa shape index (κ3) is 2.65. The average Bonchev–Trinajstić information content (AvgIpc) is 2.71. The Morgan fingerprint density at radius 2 is 1.75 bits per heavy atom. The van der Waals surface area contributed by atoms with Crippen molar-refractivity contribution in [3.63, 3.8) is 0 Å². The van der Waals surface area contributed by atoms with Gasteiger partial charge in [0, 0.05) is 6.54 Å². The van der Waals surface area contributed by atoms with Gasteiger partial charge in [-0.2, -0.15) is 0 Å². The van der Waals surface area contributed by atoms with Crippen LogP contribution in [0, 0.1) is 12.3 Å². The molecule has 2 rings (SSSR count). The van der Waals surface area contributed by atoms with Crippen molar-refractivity contribution < 1.29 is 0 Å².